The van der Waals surface area contributed by atoms with E-state index in [0.717, 1.165) is 0 Å². The minimum absolute atomic E-state index is 0.124. The summed E-state index contributed by atoms with van der Waals surface area (Å²) in [6.45, 7) is 0.347. The molecule has 1 aromatic heterocycles. The van der Waals surface area contributed by atoms with Gasteiger partial charge in [-0.25, -0.2) is 8.42 Å². The van der Waals surface area contributed by atoms with Crippen LogP contribution in [0.2, 0.25) is 0 Å². The van der Waals surface area contributed by atoms with Gasteiger partial charge in [0, 0.05) is 12.6 Å². The Morgan fingerprint density at radius 2 is 1.71 bits per heavy atom. The zero-order valence-electron chi connectivity index (χ0n) is 16.7. The lowest BCUT2D eigenvalue weighted by molar-refractivity contribution is -0.122. The molecule has 0 spiro atoms. The summed E-state index contributed by atoms with van der Waals surface area (Å²) in [7, 11) is -3.85. The Morgan fingerprint density at radius 1 is 0.968 bits per heavy atom. The average Bonchev–Trinajstić information content (AvgIpc) is 3.24. The molecule has 0 saturated carbocycles. The number of hydrogen-bond donors (Lipinski definition) is 0. The highest BCUT2D eigenvalue weighted by Crippen LogP contribution is 2.38. The number of para-hydroxylation sites is 2. The molecule has 2 aliphatic heterocycles. The van der Waals surface area contributed by atoms with Gasteiger partial charge >= 0.3 is 0 Å². The molecule has 2 atom stereocenters. The highest BCUT2D eigenvalue weighted by molar-refractivity contribution is 7.89. The topological polar surface area (TPSA) is 79.8 Å². The van der Waals surface area contributed by atoms with Gasteiger partial charge in [0.05, 0.1) is 29.4 Å². The highest BCUT2D eigenvalue weighted by Gasteiger charge is 2.48. The largest absolute Gasteiger partial charge is 0.487 e. The average molecular weight is 436 g/mol. The lowest BCUT2D eigenvalue weighted by Crippen LogP contribution is -2.47. The Labute approximate surface area is 180 Å². The first-order valence-corrected chi connectivity index (χ1v) is 11.5. The van der Waals surface area contributed by atoms with Crippen LogP contribution in [-0.4, -0.2) is 42.3 Å². The number of fused-ring (bicyclic) bond motifs is 3. The number of carbonyl (C=O) groups excluding carboxylic acids is 1. The minimum atomic E-state index is -3.85. The van der Waals surface area contributed by atoms with Crippen LogP contribution in [0.5, 0.6) is 5.75 Å². The Kier molecular flexibility index (Phi) is 4.95. The SMILES string of the molecule is O=C1C2CC(CN2S(=O)(=O)c2ccccc2)Oc2ccccc2N1Cc1ccccn1. The van der Waals surface area contributed by atoms with Crippen LogP contribution in [0.4, 0.5) is 5.69 Å². The molecule has 3 heterocycles. The van der Waals surface area contributed by atoms with E-state index in [-0.39, 0.29) is 23.9 Å². The van der Waals surface area contributed by atoms with E-state index in [1.54, 1.807) is 41.4 Å². The summed E-state index contributed by atoms with van der Waals surface area (Å²) < 4.78 is 34.2. The molecule has 1 amide bonds. The van der Waals surface area contributed by atoms with Crippen molar-refractivity contribution in [2.45, 2.75) is 30.0 Å². The molecular weight excluding hydrogens is 414 g/mol. The lowest BCUT2D eigenvalue weighted by Gasteiger charge is -2.31. The van der Waals surface area contributed by atoms with Crippen LogP contribution >= 0.6 is 0 Å². The first-order valence-electron chi connectivity index (χ1n) is 10.1. The van der Waals surface area contributed by atoms with Crippen LogP contribution in [0.15, 0.2) is 83.9 Å². The molecule has 0 aliphatic carbocycles. The van der Waals surface area contributed by atoms with Gasteiger partial charge in [0.25, 0.3) is 0 Å². The quantitative estimate of drug-likeness (QED) is 0.630. The monoisotopic (exact) mass is 435 g/mol. The third-order valence-electron chi connectivity index (χ3n) is 5.61. The van der Waals surface area contributed by atoms with Crippen LogP contribution in [0.3, 0.4) is 0 Å². The van der Waals surface area contributed by atoms with E-state index in [4.69, 9.17) is 4.74 Å². The number of nitrogens with zero attached hydrogens (tertiary/aromatic N) is 3. The van der Waals surface area contributed by atoms with Crippen LogP contribution < -0.4 is 9.64 Å². The number of aromatic nitrogens is 1. The van der Waals surface area contributed by atoms with Crippen molar-refractivity contribution in [3.05, 3.63) is 84.7 Å². The number of carbonyl (C=O) groups is 1. The number of sulfonamides is 1. The highest BCUT2D eigenvalue weighted by atomic mass is 32.2. The van der Waals surface area contributed by atoms with Crippen LogP contribution in [-0.2, 0) is 21.4 Å². The number of anilines is 1. The minimum Gasteiger partial charge on any atom is -0.487 e. The molecule has 0 radical (unpaired) electrons. The normalized spacial score (nSPS) is 21.2. The summed E-state index contributed by atoms with van der Waals surface area (Å²) in [5, 5.41) is 0. The maximum absolute atomic E-state index is 13.7. The number of hydrogen-bond acceptors (Lipinski definition) is 5. The second-order valence-corrected chi connectivity index (χ2v) is 9.48. The van der Waals surface area contributed by atoms with Gasteiger partial charge in [-0.2, -0.15) is 4.31 Å². The zero-order chi connectivity index (χ0) is 21.4. The summed E-state index contributed by atoms with van der Waals surface area (Å²) in [6.07, 6.45) is 1.58. The summed E-state index contributed by atoms with van der Waals surface area (Å²) >= 11 is 0. The predicted molar refractivity (Wildman–Crippen MR) is 115 cm³/mol. The van der Waals surface area contributed by atoms with Crippen molar-refractivity contribution in [3.8, 4) is 5.75 Å². The van der Waals surface area contributed by atoms with Gasteiger partial charge in [0.15, 0.2) is 0 Å². The second-order valence-electron chi connectivity index (χ2n) is 7.59. The van der Waals surface area contributed by atoms with Crippen molar-refractivity contribution in [2.24, 2.45) is 0 Å². The van der Waals surface area contributed by atoms with Gasteiger partial charge in [-0.3, -0.25) is 9.78 Å². The number of rotatable bonds is 4. The van der Waals surface area contributed by atoms with E-state index in [1.165, 1.54) is 4.31 Å². The summed E-state index contributed by atoms with van der Waals surface area (Å²) in [5.41, 5.74) is 1.32. The van der Waals surface area contributed by atoms with Crippen molar-refractivity contribution < 1.29 is 17.9 Å². The first-order chi connectivity index (χ1) is 15.0. The summed E-state index contributed by atoms with van der Waals surface area (Å²) in [6, 6.07) is 20.2. The van der Waals surface area contributed by atoms with Crippen LogP contribution in [0.1, 0.15) is 12.1 Å². The van der Waals surface area contributed by atoms with Crippen LogP contribution in [0, 0.1) is 0 Å². The lowest BCUT2D eigenvalue weighted by atomic mass is 10.1. The Bertz CT molecular complexity index is 1200. The first kappa shape index (κ1) is 19.7. The molecule has 1 fully saturated rings. The molecule has 158 valence electrons. The Balaban J connectivity index is 1.57. The van der Waals surface area contributed by atoms with E-state index in [9.17, 15) is 13.2 Å². The van der Waals surface area contributed by atoms with E-state index in [2.05, 4.69) is 4.98 Å². The number of pyridine rings is 1. The fourth-order valence-electron chi connectivity index (χ4n) is 4.15. The Morgan fingerprint density at radius 3 is 2.48 bits per heavy atom. The van der Waals surface area contributed by atoms with Crippen molar-refractivity contribution in [1.29, 1.82) is 0 Å². The van der Waals surface area contributed by atoms with Gasteiger partial charge in [-0.05, 0) is 36.4 Å². The fourth-order valence-corrected chi connectivity index (χ4v) is 5.79. The molecule has 3 aromatic rings. The van der Waals surface area contributed by atoms with Crippen molar-refractivity contribution in [3.63, 3.8) is 0 Å². The molecule has 1 saturated heterocycles. The van der Waals surface area contributed by atoms with Crippen molar-refractivity contribution in [1.82, 2.24) is 9.29 Å². The van der Waals surface area contributed by atoms with E-state index >= 15 is 0 Å². The summed E-state index contributed by atoms with van der Waals surface area (Å²) in [5.74, 6) is 0.289. The molecule has 31 heavy (non-hydrogen) atoms. The van der Waals surface area contributed by atoms with Gasteiger partial charge in [-0.15, -0.1) is 0 Å². The maximum atomic E-state index is 13.7. The van der Waals surface area contributed by atoms with E-state index in [1.807, 2.05) is 42.5 Å². The standard InChI is InChI=1S/C23H21N3O4S/c27-23-21-14-18(16-26(21)31(28,29)19-9-2-1-3-10-19)30-22-12-5-4-11-20(22)25(23)15-17-8-6-7-13-24-17/h1-13,18,21H,14-16H2. The maximum Gasteiger partial charge on any atom is 0.246 e. The molecule has 8 heteroatoms. The molecule has 2 unspecified atom stereocenters. The Hall–Kier alpha value is -3.23. The third-order valence-corrected chi connectivity index (χ3v) is 7.50. The van der Waals surface area contributed by atoms with Crippen LogP contribution in [0.25, 0.3) is 0 Å². The van der Waals surface area contributed by atoms with Crippen molar-refractivity contribution in [2.75, 3.05) is 11.4 Å². The molecule has 5 rings (SSSR count). The molecule has 7 nitrogen and oxygen atoms in total. The van der Waals surface area contributed by atoms with Gasteiger partial charge < -0.3 is 9.64 Å². The molecule has 2 bridgehead atoms. The second kappa shape index (κ2) is 7.79. The number of amides is 1. The third kappa shape index (κ3) is 3.58. The summed E-state index contributed by atoms with van der Waals surface area (Å²) in [4.78, 5) is 19.8. The smallest absolute Gasteiger partial charge is 0.246 e. The van der Waals surface area contributed by atoms with E-state index < -0.39 is 22.2 Å². The molecule has 2 aromatic carbocycles. The predicted octanol–water partition coefficient (Wildman–Crippen LogP) is 2.84. The van der Waals surface area contributed by atoms with E-state index in [0.29, 0.717) is 23.6 Å². The van der Waals surface area contributed by atoms with Crippen molar-refractivity contribution >= 4 is 21.6 Å². The fraction of sp³-hybridized carbons (Fsp3) is 0.217. The van der Waals surface area contributed by atoms with Gasteiger partial charge in [0.2, 0.25) is 15.9 Å². The number of ether oxygens (including phenoxy) is 1. The molecule has 2 aliphatic rings. The zero-order valence-corrected chi connectivity index (χ0v) is 17.5. The number of benzene rings is 2. The van der Waals surface area contributed by atoms with Gasteiger partial charge in [0.1, 0.15) is 17.9 Å². The molecular formula is C23H21N3O4S. The molecule has 0 N–H and O–H groups in total. The van der Waals surface area contributed by atoms with Gasteiger partial charge in [-0.1, -0.05) is 36.4 Å².